The number of hydrogen-bond donors (Lipinski definition) is 2. The first-order chi connectivity index (χ1) is 9.81. The van der Waals surface area contributed by atoms with E-state index in [9.17, 15) is 4.79 Å². The molecule has 1 saturated carbocycles. The predicted molar refractivity (Wildman–Crippen MR) is 76.3 cm³/mol. The Morgan fingerprint density at radius 1 is 1.20 bits per heavy atom. The summed E-state index contributed by atoms with van der Waals surface area (Å²) in [5, 5.41) is 6.17. The van der Waals surface area contributed by atoms with Crippen molar-refractivity contribution in [1.29, 1.82) is 0 Å². The molecule has 0 aliphatic heterocycles. The molecule has 1 aliphatic carbocycles. The molecule has 3 rings (SSSR count). The van der Waals surface area contributed by atoms with Crippen molar-refractivity contribution in [3.8, 4) is 0 Å². The van der Waals surface area contributed by atoms with E-state index in [1.807, 2.05) is 24.3 Å². The summed E-state index contributed by atoms with van der Waals surface area (Å²) in [6, 6.07) is 9.84. The third kappa shape index (κ3) is 3.32. The number of carbonyl (C=O) groups excluding carboxylic acids is 1. The van der Waals surface area contributed by atoms with Crippen molar-refractivity contribution in [2.24, 2.45) is 0 Å². The maximum absolute atomic E-state index is 12.0. The van der Waals surface area contributed by atoms with Crippen molar-refractivity contribution in [3.63, 3.8) is 0 Å². The second kappa shape index (κ2) is 5.69. The lowest BCUT2D eigenvalue weighted by Gasteiger charge is -2.07. The Morgan fingerprint density at radius 3 is 2.85 bits per heavy atom. The molecule has 5 heteroatoms. The average molecular weight is 268 g/mol. The largest absolute Gasteiger partial charge is 0.382 e. The number of aromatic nitrogens is 2. The highest BCUT2D eigenvalue weighted by Crippen LogP contribution is 2.24. The van der Waals surface area contributed by atoms with Gasteiger partial charge in [-0.2, -0.15) is 0 Å². The molecule has 5 nitrogen and oxygen atoms in total. The second-order valence-corrected chi connectivity index (χ2v) is 4.85. The number of nitrogens with zero attached hydrogens (tertiary/aromatic N) is 2. The standard InChI is InChI=1S/C15H16N4O/c20-15(18-10-13-3-1-2-7-16-13)14-9-12(6-8-17-14)19-11-4-5-11/h1-3,6-9,11H,4-5,10H2,(H,17,19)(H,18,20). The highest BCUT2D eigenvalue weighted by molar-refractivity contribution is 5.93. The van der Waals surface area contributed by atoms with Crippen LogP contribution in [0.3, 0.4) is 0 Å². The maximum Gasteiger partial charge on any atom is 0.270 e. The van der Waals surface area contributed by atoms with E-state index in [1.54, 1.807) is 18.5 Å². The molecule has 0 saturated heterocycles. The third-order valence-corrected chi connectivity index (χ3v) is 3.10. The van der Waals surface area contributed by atoms with Gasteiger partial charge >= 0.3 is 0 Å². The van der Waals surface area contributed by atoms with Crippen LogP contribution in [-0.4, -0.2) is 21.9 Å². The minimum Gasteiger partial charge on any atom is -0.382 e. The summed E-state index contributed by atoms with van der Waals surface area (Å²) in [5.74, 6) is -0.185. The Hall–Kier alpha value is -2.43. The SMILES string of the molecule is O=C(NCc1ccccn1)c1cc(NC2CC2)ccn1. The molecule has 0 radical (unpaired) electrons. The summed E-state index contributed by atoms with van der Waals surface area (Å²) in [4.78, 5) is 20.3. The molecule has 0 spiro atoms. The van der Waals surface area contributed by atoms with Gasteiger partial charge in [0.2, 0.25) is 0 Å². The zero-order chi connectivity index (χ0) is 13.8. The lowest BCUT2D eigenvalue weighted by atomic mass is 10.3. The molecule has 2 aromatic rings. The lowest BCUT2D eigenvalue weighted by Crippen LogP contribution is -2.24. The summed E-state index contributed by atoms with van der Waals surface area (Å²) in [6.45, 7) is 0.404. The minimum atomic E-state index is -0.185. The number of rotatable bonds is 5. The van der Waals surface area contributed by atoms with Gasteiger partial charge in [0.1, 0.15) is 5.69 Å². The van der Waals surface area contributed by atoms with Crippen LogP contribution in [0.25, 0.3) is 0 Å². The van der Waals surface area contributed by atoms with E-state index in [0.29, 0.717) is 18.3 Å². The van der Waals surface area contributed by atoms with Crippen LogP contribution < -0.4 is 10.6 Å². The smallest absolute Gasteiger partial charge is 0.270 e. The van der Waals surface area contributed by atoms with Gasteiger partial charge in [0, 0.05) is 24.1 Å². The van der Waals surface area contributed by atoms with Gasteiger partial charge in [0.05, 0.1) is 12.2 Å². The first kappa shape index (κ1) is 12.6. The van der Waals surface area contributed by atoms with Crippen LogP contribution in [-0.2, 0) is 6.54 Å². The van der Waals surface area contributed by atoms with Gasteiger partial charge in [-0.25, -0.2) is 0 Å². The Bertz CT molecular complexity index is 596. The molecule has 0 unspecified atom stereocenters. The fraction of sp³-hybridized carbons (Fsp3) is 0.267. The van der Waals surface area contributed by atoms with Crippen molar-refractivity contribution in [3.05, 3.63) is 54.1 Å². The fourth-order valence-corrected chi connectivity index (χ4v) is 1.87. The quantitative estimate of drug-likeness (QED) is 0.870. The summed E-state index contributed by atoms with van der Waals surface area (Å²) in [5.41, 5.74) is 2.20. The van der Waals surface area contributed by atoms with Crippen molar-refractivity contribution < 1.29 is 4.79 Å². The maximum atomic E-state index is 12.0. The number of pyridine rings is 2. The molecule has 2 N–H and O–H groups in total. The van der Waals surface area contributed by atoms with Gasteiger partial charge < -0.3 is 10.6 Å². The molecular formula is C15H16N4O. The minimum absolute atomic E-state index is 0.185. The average Bonchev–Trinajstić information content (AvgIpc) is 3.30. The number of anilines is 1. The van der Waals surface area contributed by atoms with Gasteiger partial charge in [0.15, 0.2) is 0 Å². The summed E-state index contributed by atoms with van der Waals surface area (Å²) in [6.07, 6.45) is 5.76. The topological polar surface area (TPSA) is 66.9 Å². The normalized spacial score (nSPS) is 13.8. The number of amides is 1. The summed E-state index contributed by atoms with van der Waals surface area (Å²) in [7, 11) is 0. The fourth-order valence-electron chi connectivity index (χ4n) is 1.87. The van der Waals surface area contributed by atoms with E-state index in [4.69, 9.17) is 0 Å². The highest BCUT2D eigenvalue weighted by atomic mass is 16.1. The van der Waals surface area contributed by atoms with Crippen molar-refractivity contribution in [2.75, 3.05) is 5.32 Å². The number of nitrogens with one attached hydrogen (secondary N) is 2. The molecule has 1 aliphatic rings. The van der Waals surface area contributed by atoms with Gasteiger partial charge in [-0.05, 0) is 37.1 Å². The molecule has 0 aromatic carbocycles. The van der Waals surface area contributed by atoms with E-state index >= 15 is 0 Å². The van der Waals surface area contributed by atoms with E-state index in [2.05, 4.69) is 20.6 Å². The van der Waals surface area contributed by atoms with Crippen LogP contribution in [0.5, 0.6) is 0 Å². The Balaban J connectivity index is 1.61. The van der Waals surface area contributed by atoms with Crippen LogP contribution in [0.2, 0.25) is 0 Å². The molecule has 1 fully saturated rings. The highest BCUT2D eigenvalue weighted by Gasteiger charge is 2.21. The predicted octanol–water partition coefficient (Wildman–Crippen LogP) is 1.98. The molecular weight excluding hydrogens is 252 g/mol. The Morgan fingerprint density at radius 2 is 2.10 bits per heavy atom. The van der Waals surface area contributed by atoms with E-state index in [1.165, 1.54) is 12.8 Å². The molecule has 2 heterocycles. The summed E-state index contributed by atoms with van der Waals surface area (Å²) < 4.78 is 0. The van der Waals surface area contributed by atoms with E-state index in [-0.39, 0.29) is 5.91 Å². The third-order valence-electron chi connectivity index (χ3n) is 3.10. The van der Waals surface area contributed by atoms with Crippen LogP contribution in [0.15, 0.2) is 42.7 Å². The first-order valence-corrected chi connectivity index (χ1v) is 6.72. The van der Waals surface area contributed by atoms with Crippen LogP contribution in [0.1, 0.15) is 29.0 Å². The molecule has 1 amide bonds. The Kier molecular flexibility index (Phi) is 3.58. The first-order valence-electron chi connectivity index (χ1n) is 6.72. The summed E-state index contributed by atoms with van der Waals surface area (Å²) >= 11 is 0. The molecule has 2 aromatic heterocycles. The van der Waals surface area contributed by atoms with Gasteiger partial charge in [-0.15, -0.1) is 0 Å². The van der Waals surface area contributed by atoms with Crippen molar-refractivity contribution in [2.45, 2.75) is 25.4 Å². The second-order valence-electron chi connectivity index (χ2n) is 4.85. The molecule has 102 valence electrons. The van der Waals surface area contributed by atoms with Crippen molar-refractivity contribution >= 4 is 11.6 Å². The van der Waals surface area contributed by atoms with Crippen LogP contribution in [0.4, 0.5) is 5.69 Å². The zero-order valence-corrected chi connectivity index (χ0v) is 11.0. The van der Waals surface area contributed by atoms with E-state index < -0.39 is 0 Å². The number of hydrogen-bond acceptors (Lipinski definition) is 4. The number of carbonyl (C=O) groups is 1. The van der Waals surface area contributed by atoms with Gasteiger partial charge in [0.25, 0.3) is 5.91 Å². The zero-order valence-electron chi connectivity index (χ0n) is 11.0. The van der Waals surface area contributed by atoms with Crippen LogP contribution in [0, 0.1) is 0 Å². The van der Waals surface area contributed by atoms with Gasteiger partial charge in [-0.3, -0.25) is 14.8 Å². The monoisotopic (exact) mass is 268 g/mol. The van der Waals surface area contributed by atoms with Crippen LogP contribution >= 0.6 is 0 Å². The lowest BCUT2D eigenvalue weighted by molar-refractivity contribution is 0.0945. The van der Waals surface area contributed by atoms with Crippen molar-refractivity contribution in [1.82, 2.24) is 15.3 Å². The molecule has 20 heavy (non-hydrogen) atoms. The van der Waals surface area contributed by atoms with Gasteiger partial charge in [-0.1, -0.05) is 6.07 Å². The molecule has 0 bridgehead atoms. The molecule has 0 atom stereocenters. The Labute approximate surface area is 117 Å². The van der Waals surface area contributed by atoms with E-state index in [0.717, 1.165) is 11.4 Å².